The van der Waals surface area contributed by atoms with E-state index in [-0.39, 0.29) is 5.41 Å². The molecule has 0 radical (unpaired) electrons. The Balaban J connectivity index is 2.19. The third kappa shape index (κ3) is 2.07. The molecule has 0 spiro atoms. The second-order valence-corrected chi connectivity index (χ2v) is 7.50. The third-order valence-electron chi connectivity index (χ3n) is 3.78. The van der Waals surface area contributed by atoms with E-state index in [0.29, 0.717) is 0 Å². The van der Waals surface area contributed by atoms with E-state index < -0.39 is 6.23 Å². The Kier molecular flexibility index (Phi) is 2.99. The third-order valence-corrected chi connectivity index (χ3v) is 5.22. The number of aromatic nitrogens is 2. The molecule has 1 aromatic carbocycles. The number of aliphatic hydroxyl groups is 1. The summed E-state index contributed by atoms with van der Waals surface area (Å²) >= 11 is 1.66. The summed E-state index contributed by atoms with van der Waals surface area (Å²) in [6, 6.07) is 4.21. The standard InChI is InChI=1S/C16H20N2OS/c1-9-6-11-12(7-10(9)2)18-14(19)8-13(16(3,4)5)20-15(18)17-11/h6-8,14,19H,1-5H3/t14-/m1/s1. The first-order valence-corrected chi connectivity index (χ1v) is 7.66. The van der Waals surface area contributed by atoms with E-state index in [1.807, 2.05) is 10.6 Å². The highest BCUT2D eigenvalue weighted by Crippen LogP contribution is 2.45. The summed E-state index contributed by atoms with van der Waals surface area (Å²) in [5.41, 5.74) is 4.45. The van der Waals surface area contributed by atoms with Crippen molar-refractivity contribution < 1.29 is 5.11 Å². The fourth-order valence-electron chi connectivity index (χ4n) is 2.40. The maximum atomic E-state index is 10.5. The molecule has 0 saturated heterocycles. The van der Waals surface area contributed by atoms with Crippen LogP contribution in [0.3, 0.4) is 0 Å². The molecule has 1 aromatic heterocycles. The van der Waals surface area contributed by atoms with Gasteiger partial charge in [-0.2, -0.15) is 0 Å². The number of nitrogens with zero attached hydrogens (tertiary/aromatic N) is 2. The second kappa shape index (κ2) is 4.37. The van der Waals surface area contributed by atoms with E-state index >= 15 is 0 Å². The van der Waals surface area contributed by atoms with Gasteiger partial charge in [-0.25, -0.2) is 4.98 Å². The summed E-state index contributed by atoms with van der Waals surface area (Å²) in [6.45, 7) is 10.7. The van der Waals surface area contributed by atoms with Crippen LogP contribution in [-0.2, 0) is 0 Å². The van der Waals surface area contributed by atoms with E-state index in [1.54, 1.807) is 11.8 Å². The average molecular weight is 288 g/mol. The summed E-state index contributed by atoms with van der Waals surface area (Å²) in [6.07, 6.45) is 1.31. The van der Waals surface area contributed by atoms with Gasteiger partial charge in [0.2, 0.25) is 0 Å². The smallest absolute Gasteiger partial charge is 0.176 e. The highest BCUT2D eigenvalue weighted by Gasteiger charge is 2.28. The van der Waals surface area contributed by atoms with Gasteiger partial charge in [-0.3, -0.25) is 4.57 Å². The molecule has 106 valence electrons. The first kappa shape index (κ1) is 13.7. The Hall–Kier alpha value is -1.26. The molecule has 1 N–H and O–H groups in total. The van der Waals surface area contributed by atoms with Crippen LogP contribution in [0, 0.1) is 19.3 Å². The van der Waals surface area contributed by atoms with Crippen molar-refractivity contribution in [3.63, 3.8) is 0 Å². The molecule has 1 atom stereocenters. The number of thioether (sulfide) groups is 1. The number of fused-ring (bicyclic) bond motifs is 3. The first-order valence-electron chi connectivity index (χ1n) is 6.85. The Labute approximate surface area is 123 Å². The second-order valence-electron chi connectivity index (χ2n) is 6.49. The summed E-state index contributed by atoms with van der Waals surface area (Å²) in [4.78, 5) is 5.86. The maximum absolute atomic E-state index is 10.5. The summed E-state index contributed by atoms with van der Waals surface area (Å²) in [5, 5.41) is 11.4. The molecule has 4 heteroatoms. The number of aliphatic hydroxyl groups excluding tert-OH is 1. The quantitative estimate of drug-likeness (QED) is 0.790. The molecule has 0 amide bonds. The molecule has 2 heterocycles. The predicted octanol–water partition coefficient (Wildman–Crippen LogP) is 4.18. The largest absolute Gasteiger partial charge is 0.369 e. The van der Waals surface area contributed by atoms with Gasteiger partial charge < -0.3 is 5.11 Å². The number of hydrogen-bond donors (Lipinski definition) is 1. The van der Waals surface area contributed by atoms with Crippen LogP contribution in [-0.4, -0.2) is 14.7 Å². The SMILES string of the molecule is Cc1cc2nc3n(c2cc1C)[C@H](O)C=C(C(C)(C)C)S3. The number of imidazole rings is 1. The van der Waals surface area contributed by atoms with Crippen molar-refractivity contribution in [1.29, 1.82) is 0 Å². The van der Waals surface area contributed by atoms with Crippen LogP contribution in [0.2, 0.25) is 0 Å². The Morgan fingerprint density at radius 3 is 2.50 bits per heavy atom. The van der Waals surface area contributed by atoms with Gasteiger partial charge in [0.15, 0.2) is 11.4 Å². The van der Waals surface area contributed by atoms with Crippen molar-refractivity contribution >= 4 is 22.8 Å². The molecule has 1 aliphatic heterocycles. The van der Waals surface area contributed by atoms with Crippen LogP contribution in [0.15, 0.2) is 28.3 Å². The van der Waals surface area contributed by atoms with Gasteiger partial charge in [-0.15, -0.1) is 0 Å². The van der Waals surface area contributed by atoms with Gasteiger partial charge in [0.1, 0.15) is 0 Å². The molecule has 0 saturated carbocycles. The number of benzene rings is 1. The first-order chi connectivity index (χ1) is 9.27. The number of allylic oxidation sites excluding steroid dienone is 1. The fourth-order valence-corrected chi connectivity index (χ4v) is 3.54. The maximum Gasteiger partial charge on any atom is 0.176 e. The minimum Gasteiger partial charge on any atom is -0.369 e. The van der Waals surface area contributed by atoms with Crippen LogP contribution in [0.1, 0.15) is 38.1 Å². The van der Waals surface area contributed by atoms with E-state index in [1.165, 1.54) is 16.0 Å². The topological polar surface area (TPSA) is 38.0 Å². The van der Waals surface area contributed by atoms with Crippen LogP contribution in [0.5, 0.6) is 0 Å². The van der Waals surface area contributed by atoms with Gasteiger partial charge in [0, 0.05) is 0 Å². The molecule has 0 fully saturated rings. The number of aryl methyl sites for hydroxylation is 2. The normalized spacial score (nSPS) is 19.1. The van der Waals surface area contributed by atoms with Crippen LogP contribution in [0.25, 0.3) is 11.0 Å². The molecular formula is C16H20N2OS. The molecule has 3 nitrogen and oxygen atoms in total. The van der Waals surface area contributed by atoms with E-state index in [2.05, 4.69) is 46.8 Å². The average Bonchev–Trinajstić information content (AvgIpc) is 2.66. The predicted molar refractivity (Wildman–Crippen MR) is 83.9 cm³/mol. The number of hydrogen-bond acceptors (Lipinski definition) is 3. The molecule has 0 bridgehead atoms. The van der Waals surface area contributed by atoms with Gasteiger partial charge >= 0.3 is 0 Å². The van der Waals surface area contributed by atoms with E-state index in [4.69, 9.17) is 4.98 Å². The van der Waals surface area contributed by atoms with E-state index in [0.717, 1.165) is 16.2 Å². The van der Waals surface area contributed by atoms with Gasteiger partial charge in [-0.1, -0.05) is 32.5 Å². The molecule has 0 aliphatic carbocycles. The Bertz CT molecular complexity index is 722. The van der Waals surface area contributed by atoms with Crippen LogP contribution < -0.4 is 0 Å². The van der Waals surface area contributed by atoms with Gasteiger partial charge in [0.05, 0.1) is 11.0 Å². The van der Waals surface area contributed by atoms with Crippen molar-refractivity contribution in [2.75, 3.05) is 0 Å². The van der Waals surface area contributed by atoms with Gasteiger partial charge in [0.25, 0.3) is 0 Å². The summed E-state index contributed by atoms with van der Waals surface area (Å²) in [7, 11) is 0. The zero-order chi connectivity index (χ0) is 14.7. The minimum atomic E-state index is -0.632. The Morgan fingerprint density at radius 2 is 1.85 bits per heavy atom. The van der Waals surface area contributed by atoms with Crippen molar-refractivity contribution in [3.8, 4) is 0 Å². The molecular weight excluding hydrogens is 268 g/mol. The Morgan fingerprint density at radius 1 is 1.20 bits per heavy atom. The summed E-state index contributed by atoms with van der Waals surface area (Å²) < 4.78 is 1.92. The van der Waals surface area contributed by atoms with E-state index in [9.17, 15) is 5.11 Å². The summed E-state index contributed by atoms with van der Waals surface area (Å²) in [5.74, 6) is 0. The lowest BCUT2D eigenvalue weighted by Gasteiger charge is -2.28. The van der Waals surface area contributed by atoms with Gasteiger partial charge in [-0.05, 0) is 53.5 Å². The lowest BCUT2D eigenvalue weighted by Crippen LogP contribution is -2.17. The zero-order valence-corrected chi connectivity index (χ0v) is 13.4. The van der Waals surface area contributed by atoms with Crippen LogP contribution >= 0.6 is 11.8 Å². The van der Waals surface area contributed by atoms with Crippen LogP contribution in [0.4, 0.5) is 0 Å². The number of rotatable bonds is 0. The van der Waals surface area contributed by atoms with Crippen molar-refractivity contribution in [1.82, 2.24) is 9.55 Å². The molecule has 0 unspecified atom stereocenters. The molecule has 2 aromatic rings. The highest BCUT2D eigenvalue weighted by molar-refractivity contribution is 8.03. The fraction of sp³-hybridized carbons (Fsp3) is 0.438. The zero-order valence-electron chi connectivity index (χ0n) is 12.6. The van der Waals surface area contributed by atoms with Crippen molar-refractivity contribution in [2.45, 2.75) is 46.0 Å². The molecule has 3 rings (SSSR count). The monoisotopic (exact) mass is 288 g/mol. The molecule has 1 aliphatic rings. The minimum absolute atomic E-state index is 0.0286. The van der Waals surface area contributed by atoms with Crippen molar-refractivity contribution in [3.05, 3.63) is 34.2 Å². The lowest BCUT2D eigenvalue weighted by atomic mass is 9.95. The van der Waals surface area contributed by atoms with Crippen molar-refractivity contribution in [2.24, 2.45) is 5.41 Å². The highest BCUT2D eigenvalue weighted by atomic mass is 32.2. The molecule has 20 heavy (non-hydrogen) atoms. The lowest BCUT2D eigenvalue weighted by molar-refractivity contribution is 0.146.